The van der Waals surface area contributed by atoms with E-state index >= 15 is 0 Å². The lowest BCUT2D eigenvalue weighted by atomic mass is 10.0. The highest BCUT2D eigenvalue weighted by molar-refractivity contribution is 5.94. The van der Waals surface area contributed by atoms with Crippen molar-refractivity contribution >= 4 is 23.7 Å². The summed E-state index contributed by atoms with van der Waals surface area (Å²) in [5, 5.41) is 44.6. The van der Waals surface area contributed by atoms with Crippen LogP contribution in [0, 0.1) is 5.92 Å². The molecule has 0 aliphatic heterocycles. The lowest BCUT2D eigenvalue weighted by Gasteiger charge is -2.25. The van der Waals surface area contributed by atoms with E-state index in [-0.39, 0.29) is 18.1 Å². The second kappa shape index (κ2) is 13.5. The Labute approximate surface area is 197 Å². The molecule has 1 rings (SSSR count). The molecule has 0 heterocycles. The molecule has 5 unspecified atom stereocenters. The van der Waals surface area contributed by atoms with Crippen LogP contribution in [0.2, 0.25) is 0 Å². The summed E-state index contributed by atoms with van der Waals surface area (Å²) in [5.74, 6) is -3.80. The third kappa shape index (κ3) is 9.33. The van der Waals surface area contributed by atoms with Crippen molar-refractivity contribution < 1.29 is 39.6 Å². The Hall–Kier alpha value is -3.22. The van der Waals surface area contributed by atoms with E-state index in [0.717, 1.165) is 6.92 Å². The third-order valence-electron chi connectivity index (χ3n) is 4.93. The number of amides is 3. The molecule has 0 fully saturated rings. The molecular weight excluding hydrogens is 448 g/mol. The number of aliphatic carboxylic acids is 1. The van der Waals surface area contributed by atoms with Crippen molar-refractivity contribution in [2.75, 3.05) is 6.61 Å². The number of benzene rings is 1. The topological polar surface area (TPSA) is 211 Å². The molecule has 0 aliphatic carbocycles. The molecule has 0 aliphatic rings. The Balaban J connectivity index is 3.02. The number of carboxylic acids is 1. The highest BCUT2D eigenvalue weighted by Crippen LogP contribution is 2.12. The minimum absolute atomic E-state index is 0.0101. The molecule has 0 radical (unpaired) electrons. The highest BCUT2D eigenvalue weighted by atomic mass is 16.4. The summed E-state index contributed by atoms with van der Waals surface area (Å²) >= 11 is 0. The van der Waals surface area contributed by atoms with Gasteiger partial charge in [0.15, 0.2) is 6.04 Å². The summed E-state index contributed by atoms with van der Waals surface area (Å²) < 4.78 is 0. The van der Waals surface area contributed by atoms with Crippen LogP contribution in [0.1, 0.15) is 32.8 Å². The molecule has 12 heteroatoms. The van der Waals surface area contributed by atoms with E-state index in [1.54, 1.807) is 12.1 Å². The Morgan fingerprint density at radius 1 is 0.912 bits per heavy atom. The first kappa shape index (κ1) is 28.8. The van der Waals surface area contributed by atoms with Crippen LogP contribution in [0.25, 0.3) is 0 Å². The maximum Gasteiger partial charge on any atom is 0.328 e. The minimum Gasteiger partial charge on any atom is -0.508 e. The first-order valence-electron chi connectivity index (χ1n) is 10.8. The molecule has 12 nitrogen and oxygen atoms in total. The summed E-state index contributed by atoms with van der Waals surface area (Å²) in [6.07, 6.45) is -1.07. The Kier molecular flexibility index (Phi) is 11.4. The molecule has 0 aromatic heterocycles. The van der Waals surface area contributed by atoms with Crippen molar-refractivity contribution in [2.45, 2.75) is 63.9 Å². The van der Waals surface area contributed by atoms with Gasteiger partial charge in [-0.25, -0.2) is 4.79 Å². The third-order valence-corrected chi connectivity index (χ3v) is 4.93. The first-order chi connectivity index (χ1) is 15.8. The van der Waals surface area contributed by atoms with Crippen LogP contribution in [-0.4, -0.2) is 81.0 Å². The predicted octanol–water partition coefficient (Wildman–Crippen LogP) is -1.78. The molecule has 1 aromatic rings. The van der Waals surface area contributed by atoms with E-state index in [1.165, 1.54) is 12.1 Å². The van der Waals surface area contributed by atoms with Gasteiger partial charge in [-0.05, 0) is 37.0 Å². The molecular formula is C22H34N4O8. The number of carbonyl (C=O) groups excluding carboxylic acids is 3. The Morgan fingerprint density at radius 3 is 1.91 bits per heavy atom. The van der Waals surface area contributed by atoms with Crippen LogP contribution in [0.4, 0.5) is 0 Å². The van der Waals surface area contributed by atoms with Gasteiger partial charge in [0.1, 0.15) is 17.8 Å². The van der Waals surface area contributed by atoms with Crippen molar-refractivity contribution in [1.82, 2.24) is 16.0 Å². The minimum atomic E-state index is -1.65. The number of carboxylic acid groups (broad SMARTS) is 1. The molecule has 190 valence electrons. The van der Waals surface area contributed by atoms with Crippen LogP contribution in [0.5, 0.6) is 5.75 Å². The zero-order valence-electron chi connectivity index (χ0n) is 19.4. The zero-order chi connectivity index (χ0) is 26.0. The van der Waals surface area contributed by atoms with Gasteiger partial charge in [0.2, 0.25) is 17.7 Å². The van der Waals surface area contributed by atoms with Gasteiger partial charge >= 0.3 is 5.97 Å². The monoisotopic (exact) mass is 482 g/mol. The fraction of sp³-hybridized carbons (Fsp3) is 0.545. The fourth-order valence-corrected chi connectivity index (χ4v) is 3.08. The van der Waals surface area contributed by atoms with Gasteiger partial charge in [-0.3, -0.25) is 14.4 Å². The van der Waals surface area contributed by atoms with E-state index < -0.39 is 60.6 Å². The van der Waals surface area contributed by atoms with Gasteiger partial charge in [-0.2, -0.15) is 0 Å². The van der Waals surface area contributed by atoms with Gasteiger partial charge in [-0.1, -0.05) is 26.0 Å². The molecule has 0 saturated heterocycles. The van der Waals surface area contributed by atoms with Crippen LogP contribution in [-0.2, 0) is 25.6 Å². The quantitative estimate of drug-likeness (QED) is 0.159. The maximum atomic E-state index is 12.9. The van der Waals surface area contributed by atoms with Crippen LogP contribution >= 0.6 is 0 Å². The van der Waals surface area contributed by atoms with Gasteiger partial charge in [0.25, 0.3) is 0 Å². The maximum absolute atomic E-state index is 12.9. The number of nitrogens with two attached hydrogens (primary N) is 1. The Bertz CT molecular complexity index is 844. The average molecular weight is 483 g/mol. The normalized spacial score (nSPS) is 15.5. The highest BCUT2D eigenvalue weighted by Gasteiger charge is 2.31. The molecule has 1 aromatic carbocycles. The van der Waals surface area contributed by atoms with E-state index in [2.05, 4.69) is 10.6 Å². The number of carbonyl (C=O) groups is 4. The molecule has 0 bridgehead atoms. The lowest BCUT2D eigenvalue weighted by molar-refractivity contribution is -0.145. The van der Waals surface area contributed by atoms with Crippen molar-refractivity contribution in [2.24, 2.45) is 11.7 Å². The predicted molar refractivity (Wildman–Crippen MR) is 121 cm³/mol. The lowest BCUT2D eigenvalue weighted by Crippen LogP contribution is -2.59. The van der Waals surface area contributed by atoms with E-state index in [4.69, 9.17) is 10.8 Å². The van der Waals surface area contributed by atoms with Crippen LogP contribution in [0.3, 0.4) is 0 Å². The van der Waals surface area contributed by atoms with Crippen molar-refractivity contribution in [3.63, 3.8) is 0 Å². The number of phenols is 1. The fourth-order valence-electron chi connectivity index (χ4n) is 3.08. The summed E-state index contributed by atoms with van der Waals surface area (Å²) in [7, 11) is 0. The number of hydrogen-bond donors (Lipinski definition) is 8. The number of aliphatic hydroxyl groups excluding tert-OH is 2. The van der Waals surface area contributed by atoms with Gasteiger partial charge in [0.05, 0.1) is 18.8 Å². The average Bonchev–Trinajstić information content (AvgIpc) is 2.75. The molecule has 5 atom stereocenters. The second-order valence-electron chi connectivity index (χ2n) is 8.48. The number of aromatic hydroxyl groups is 1. The standard InChI is InChI=1S/C22H34N4O8/c1-11(2)8-15(23)19(30)24-16(9-13-4-6-14(29)7-5-13)20(31)25-17(10-27)21(32)26-18(12(3)28)22(33)34/h4-7,11-12,15-18,27-29H,8-10,23H2,1-3H3,(H,24,30)(H,25,31)(H,26,32)(H,33,34). The van der Waals surface area contributed by atoms with Crippen LogP contribution in [0.15, 0.2) is 24.3 Å². The zero-order valence-corrected chi connectivity index (χ0v) is 19.4. The van der Waals surface area contributed by atoms with Crippen molar-refractivity contribution in [1.29, 1.82) is 0 Å². The van der Waals surface area contributed by atoms with Crippen molar-refractivity contribution in [3.05, 3.63) is 29.8 Å². The number of phenolic OH excluding ortho intramolecular Hbond substituents is 1. The number of hydrogen-bond acceptors (Lipinski definition) is 8. The summed E-state index contributed by atoms with van der Waals surface area (Å²) in [6.45, 7) is 4.07. The molecule has 9 N–H and O–H groups in total. The molecule has 3 amide bonds. The largest absolute Gasteiger partial charge is 0.508 e. The summed E-state index contributed by atoms with van der Waals surface area (Å²) in [5.41, 5.74) is 6.49. The number of nitrogens with one attached hydrogen (secondary N) is 3. The summed E-state index contributed by atoms with van der Waals surface area (Å²) in [4.78, 5) is 49.1. The van der Waals surface area contributed by atoms with Gasteiger partial charge in [0, 0.05) is 6.42 Å². The van der Waals surface area contributed by atoms with Gasteiger partial charge < -0.3 is 42.1 Å². The van der Waals surface area contributed by atoms with E-state index in [0.29, 0.717) is 12.0 Å². The number of aliphatic hydroxyl groups is 2. The number of rotatable bonds is 13. The van der Waals surface area contributed by atoms with Gasteiger partial charge in [-0.15, -0.1) is 0 Å². The SMILES string of the molecule is CC(C)CC(N)C(=O)NC(Cc1ccc(O)cc1)C(=O)NC(CO)C(=O)NC(C(=O)O)C(C)O. The Morgan fingerprint density at radius 2 is 1.44 bits per heavy atom. The summed E-state index contributed by atoms with van der Waals surface area (Å²) in [6, 6.07) is 0.638. The van der Waals surface area contributed by atoms with E-state index in [9.17, 15) is 34.5 Å². The van der Waals surface area contributed by atoms with Crippen molar-refractivity contribution in [3.8, 4) is 5.75 Å². The first-order valence-corrected chi connectivity index (χ1v) is 10.8. The smallest absolute Gasteiger partial charge is 0.328 e. The molecule has 34 heavy (non-hydrogen) atoms. The van der Waals surface area contributed by atoms with E-state index in [1.807, 2.05) is 19.2 Å². The van der Waals surface area contributed by atoms with Crippen LogP contribution < -0.4 is 21.7 Å². The molecule has 0 spiro atoms. The second-order valence-corrected chi connectivity index (χ2v) is 8.48. The molecule has 0 saturated carbocycles.